The van der Waals surface area contributed by atoms with Gasteiger partial charge in [0.05, 0.1) is 19.8 Å². The average Bonchev–Trinajstić information content (AvgIpc) is 2.81. The first kappa shape index (κ1) is 13.9. The normalized spacial score (nSPS) is 15.2. The molecule has 6 heteroatoms. The highest BCUT2D eigenvalue weighted by molar-refractivity contribution is 6.78. The van der Waals surface area contributed by atoms with Crippen molar-refractivity contribution in [3.8, 4) is 0 Å². The van der Waals surface area contributed by atoms with E-state index in [1.54, 1.807) is 23.1 Å². The third-order valence-corrected chi connectivity index (χ3v) is 6.35. The molecule has 1 aromatic heterocycles. The number of hydrogen-bond acceptors (Lipinski definition) is 3. The lowest BCUT2D eigenvalue weighted by Crippen LogP contribution is -2.52. The lowest BCUT2D eigenvalue weighted by molar-refractivity contribution is 0.0895. The minimum absolute atomic E-state index is 0.303. The van der Waals surface area contributed by atoms with Gasteiger partial charge in [-0.15, -0.1) is 0 Å². The van der Waals surface area contributed by atoms with Crippen LogP contribution in [0.3, 0.4) is 0 Å². The van der Waals surface area contributed by atoms with E-state index in [4.69, 9.17) is 0 Å². The van der Waals surface area contributed by atoms with Crippen LogP contribution in [0.15, 0.2) is 36.9 Å². The largest absolute Gasteiger partial charge is 0.387 e. The van der Waals surface area contributed by atoms with Crippen LogP contribution in [0.1, 0.15) is 5.56 Å². The number of aromatic nitrogens is 3. The van der Waals surface area contributed by atoms with Crippen LogP contribution in [0.2, 0.25) is 19.6 Å². The summed E-state index contributed by atoms with van der Waals surface area (Å²) in [5.74, 6) is -0.303. The number of aliphatic hydroxyl groups is 1. The molecular weight excluding hydrogens is 261 g/mol. The zero-order valence-electron chi connectivity index (χ0n) is 11.3. The molecule has 0 amide bonds. The highest BCUT2D eigenvalue weighted by Gasteiger charge is 2.43. The maximum Gasteiger partial charge on any atom is 0.137 e. The van der Waals surface area contributed by atoms with Gasteiger partial charge < -0.3 is 5.11 Å². The molecule has 1 heterocycles. The minimum Gasteiger partial charge on any atom is -0.387 e. The summed E-state index contributed by atoms with van der Waals surface area (Å²) in [6, 6.07) is 6.04. The van der Waals surface area contributed by atoms with Gasteiger partial charge in [-0.25, -0.2) is 9.37 Å². The Morgan fingerprint density at radius 1 is 1.26 bits per heavy atom. The predicted octanol–water partition coefficient (Wildman–Crippen LogP) is 2.18. The first-order valence-corrected chi connectivity index (χ1v) is 9.64. The van der Waals surface area contributed by atoms with Gasteiger partial charge in [-0.1, -0.05) is 31.8 Å². The summed E-state index contributed by atoms with van der Waals surface area (Å²) in [7, 11) is -1.98. The van der Waals surface area contributed by atoms with Gasteiger partial charge in [-0.2, -0.15) is 5.10 Å². The summed E-state index contributed by atoms with van der Waals surface area (Å²) < 4.78 is 14.7. The Labute approximate surface area is 112 Å². The molecular formula is C13H18FN3OSi. The summed E-state index contributed by atoms with van der Waals surface area (Å²) in [4.78, 5) is 3.89. The molecule has 0 saturated carbocycles. The van der Waals surface area contributed by atoms with E-state index in [1.807, 2.05) is 0 Å². The maximum atomic E-state index is 13.1. The molecule has 19 heavy (non-hydrogen) atoms. The topological polar surface area (TPSA) is 50.9 Å². The quantitative estimate of drug-likeness (QED) is 0.873. The van der Waals surface area contributed by atoms with Crippen LogP contribution >= 0.6 is 0 Å². The lowest BCUT2D eigenvalue weighted by atomic mass is 10.1. The van der Waals surface area contributed by atoms with Gasteiger partial charge in [0.1, 0.15) is 18.5 Å². The summed E-state index contributed by atoms with van der Waals surface area (Å²) in [6.07, 6.45) is 3.02. The molecule has 102 valence electrons. The first-order chi connectivity index (χ1) is 8.83. The van der Waals surface area contributed by atoms with Crippen molar-refractivity contribution in [1.29, 1.82) is 0 Å². The molecule has 1 aromatic carbocycles. The second kappa shape index (κ2) is 4.86. The van der Waals surface area contributed by atoms with Crippen LogP contribution in [0.25, 0.3) is 0 Å². The predicted molar refractivity (Wildman–Crippen MR) is 73.7 cm³/mol. The molecule has 0 aliphatic rings. The van der Waals surface area contributed by atoms with Crippen molar-refractivity contribution < 1.29 is 9.50 Å². The second-order valence-corrected chi connectivity index (χ2v) is 11.0. The standard InChI is InChI=1S/C13H18FN3OSi/c1-19(2,3)13(18,8-17-10-15-9-16-17)11-4-6-12(14)7-5-11/h4-7,9-10,18H,8H2,1-3H3. The summed E-state index contributed by atoms with van der Waals surface area (Å²) in [5.41, 5.74) is 0.726. The van der Waals surface area contributed by atoms with Gasteiger partial charge in [0.15, 0.2) is 0 Å². The summed E-state index contributed by atoms with van der Waals surface area (Å²) in [5, 5.41) is 14.2. The molecule has 2 aromatic rings. The Morgan fingerprint density at radius 2 is 1.89 bits per heavy atom. The van der Waals surface area contributed by atoms with Crippen molar-refractivity contribution >= 4 is 8.07 Å². The van der Waals surface area contributed by atoms with Gasteiger partial charge in [-0.3, -0.25) is 4.68 Å². The van der Waals surface area contributed by atoms with E-state index in [-0.39, 0.29) is 5.82 Å². The van der Waals surface area contributed by atoms with E-state index in [0.29, 0.717) is 6.54 Å². The fourth-order valence-corrected chi connectivity index (χ4v) is 3.70. The zero-order chi connectivity index (χ0) is 14.1. The van der Waals surface area contributed by atoms with E-state index in [2.05, 4.69) is 29.7 Å². The second-order valence-electron chi connectivity index (χ2n) is 5.71. The number of benzene rings is 1. The molecule has 0 aliphatic heterocycles. The SMILES string of the molecule is C[Si](C)(C)C(O)(Cn1cncn1)c1ccc(F)cc1. The van der Waals surface area contributed by atoms with Crippen LogP contribution in [-0.2, 0) is 11.8 Å². The molecule has 2 rings (SSSR count). The fourth-order valence-electron chi connectivity index (χ4n) is 2.04. The van der Waals surface area contributed by atoms with Crippen molar-refractivity contribution in [2.75, 3.05) is 0 Å². The van der Waals surface area contributed by atoms with E-state index in [0.717, 1.165) is 5.56 Å². The molecule has 0 saturated heterocycles. The van der Waals surface area contributed by atoms with Crippen LogP contribution < -0.4 is 0 Å². The van der Waals surface area contributed by atoms with E-state index < -0.39 is 13.3 Å². The van der Waals surface area contributed by atoms with E-state index >= 15 is 0 Å². The molecule has 0 fully saturated rings. The molecule has 0 aliphatic carbocycles. The van der Waals surface area contributed by atoms with Crippen LogP contribution in [0.5, 0.6) is 0 Å². The number of hydrogen-bond donors (Lipinski definition) is 1. The first-order valence-electron chi connectivity index (χ1n) is 6.14. The summed E-state index contributed by atoms with van der Waals surface area (Å²) >= 11 is 0. The Kier molecular flexibility index (Phi) is 3.55. The van der Waals surface area contributed by atoms with E-state index in [1.165, 1.54) is 18.5 Å². The molecule has 1 unspecified atom stereocenters. The monoisotopic (exact) mass is 279 g/mol. The van der Waals surface area contributed by atoms with Crippen molar-refractivity contribution in [3.05, 3.63) is 48.3 Å². The van der Waals surface area contributed by atoms with Crippen molar-refractivity contribution in [2.45, 2.75) is 31.4 Å². The Balaban J connectivity index is 2.43. The molecule has 4 nitrogen and oxygen atoms in total. The molecule has 1 atom stereocenters. The number of nitrogens with zero attached hydrogens (tertiary/aromatic N) is 3. The van der Waals surface area contributed by atoms with Crippen molar-refractivity contribution in [3.63, 3.8) is 0 Å². The van der Waals surface area contributed by atoms with Crippen molar-refractivity contribution in [2.24, 2.45) is 0 Å². The Hall–Kier alpha value is -1.53. The van der Waals surface area contributed by atoms with Gasteiger partial charge in [0.25, 0.3) is 0 Å². The van der Waals surface area contributed by atoms with Gasteiger partial charge in [-0.05, 0) is 17.7 Å². The molecule has 1 N–H and O–H groups in total. The average molecular weight is 279 g/mol. The number of rotatable bonds is 4. The van der Waals surface area contributed by atoms with Crippen molar-refractivity contribution in [1.82, 2.24) is 14.8 Å². The minimum atomic E-state index is -1.98. The molecule has 0 radical (unpaired) electrons. The zero-order valence-corrected chi connectivity index (χ0v) is 12.3. The highest BCUT2D eigenvalue weighted by atomic mass is 28.3. The fraction of sp³-hybridized carbons (Fsp3) is 0.385. The lowest BCUT2D eigenvalue weighted by Gasteiger charge is -2.39. The Bertz CT molecular complexity index is 536. The van der Waals surface area contributed by atoms with Gasteiger partial charge in [0, 0.05) is 0 Å². The smallest absolute Gasteiger partial charge is 0.137 e. The highest BCUT2D eigenvalue weighted by Crippen LogP contribution is 2.33. The maximum absolute atomic E-state index is 13.1. The van der Waals surface area contributed by atoms with Gasteiger partial charge in [0.2, 0.25) is 0 Å². The third kappa shape index (κ3) is 2.74. The molecule has 0 bridgehead atoms. The van der Waals surface area contributed by atoms with E-state index in [9.17, 15) is 9.50 Å². The third-order valence-electron chi connectivity index (χ3n) is 3.42. The van der Waals surface area contributed by atoms with Crippen LogP contribution in [0.4, 0.5) is 4.39 Å². The van der Waals surface area contributed by atoms with Crippen LogP contribution in [-0.4, -0.2) is 27.9 Å². The number of halogens is 1. The van der Waals surface area contributed by atoms with Gasteiger partial charge >= 0.3 is 0 Å². The van der Waals surface area contributed by atoms with Crippen LogP contribution in [0, 0.1) is 5.82 Å². The summed E-state index contributed by atoms with van der Waals surface area (Å²) in [6.45, 7) is 6.56. The molecule has 0 spiro atoms. The Morgan fingerprint density at radius 3 is 2.37 bits per heavy atom.